The number of amides is 1. The lowest BCUT2D eigenvalue weighted by molar-refractivity contribution is 0.0265. The van der Waals surface area contributed by atoms with Gasteiger partial charge >= 0.3 is 0 Å². The molecule has 2 aliphatic rings. The summed E-state index contributed by atoms with van der Waals surface area (Å²) >= 11 is 0. The van der Waals surface area contributed by atoms with Crippen LogP contribution >= 0.6 is 0 Å². The molecule has 1 amide bonds. The zero-order valence-corrected chi connectivity index (χ0v) is 17.7. The van der Waals surface area contributed by atoms with Crippen molar-refractivity contribution in [3.8, 4) is 22.8 Å². The van der Waals surface area contributed by atoms with Crippen molar-refractivity contribution in [1.82, 2.24) is 20.0 Å². The number of piperazine rings is 1. The number of hydrogen-bond acceptors (Lipinski definition) is 6. The van der Waals surface area contributed by atoms with Gasteiger partial charge in [-0.1, -0.05) is 0 Å². The Bertz CT molecular complexity index is 1060. The van der Waals surface area contributed by atoms with Crippen LogP contribution in [-0.4, -0.2) is 64.3 Å². The van der Waals surface area contributed by atoms with Crippen molar-refractivity contribution in [3.63, 3.8) is 0 Å². The van der Waals surface area contributed by atoms with Crippen molar-refractivity contribution in [2.75, 3.05) is 26.3 Å². The zero-order valence-electron chi connectivity index (χ0n) is 17.7. The number of furan rings is 1. The summed E-state index contributed by atoms with van der Waals surface area (Å²) in [6.07, 6.45) is 1.70. The van der Waals surface area contributed by atoms with E-state index in [4.69, 9.17) is 13.9 Å². The van der Waals surface area contributed by atoms with E-state index in [9.17, 15) is 4.79 Å². The van der Waals surface area contributed by atoms with Crippen LogP contribution in [0.1, 0.15) is 30.1 Å². The molecule has 31 heavy (non-hydrogen) atoms. The van der Waals surface area contributed by atoms with Crippen LogP contribution < -0.4 is 9.47 Å². The molecular weight excluding hydrogens is 396 g/mol. The first-order chi connectivity index (χ1) is 15.1. The van der Waals surface area contributed by atoms with Gasteiger partial charge in [0, 0.05) is 30.7 Å². The molecule has 2 atom stereocenters. The largest absolute Gasteiger partial charge is 0.486 e. The number of fused-ring (bicyclic) bond motifs is 1. The molecule has 3 aromatic rings. The third-order valence-corrected chi connectivity index (χ3v) is 5.96. The van der Waals surface area contributed by atoms with E-state index in [0.29, 0.717) is 36.9 Å². The van der Waals surface area contributed by atoms with Crippen molar-refractivity contribution < 1.29 is 18.7 Å². The number of ether oxygens (including phenoxy) is 2. The van der Waals surface area contributed by atoms with E-state index in [-0.39, 0.29) is 18.0 Å². The molecule has 162 valence electrons. The van der Waals surface area contributed by atoms with Gasteiger partial charge in [0.1, 0.15) is 24.7 Å². The summed E-state index contributed by atoms with van der Waals surface area (Å²) in [6, 6.07) is 11.7. The highest BCUT2D eigenvalue weighted by atomic mass is 16.6. The van der Waals surface area contributed by atoms with Gasteiger partial charge in [-0.15, -0.1) is 0 Å². The number of rotatable bonds is 4. The van der Waals surface area contributed by atoms with Crippen molar-refractivity contribution >= 4 is 5.91 Å². The van der Waals surface area contributed by atoms with Gasteiger partial charge in [0.2, 0.25) is 0 Å². The number of aromatic amines is 1. The summed E-state index contributed by atoms with van der Waals surface area (Å²) < 4.78 is 16.7. The predicted molar refractivity (Wildman–Crippen MR) is 114 cm³/mol. The Morgan fingerprint density at radius 1 is 1.10 bits per heavy atom. The molecule has 0 aliphatic carbocycles. The van der Waals surface area contributed by atoms with E-state index in [2.05, 4.69) is 28.9 Å². The quantitative estimate of drug-likeness (QED) is 0.695. The molecule has 0 unspecified atom stereocenters. The number of hydrogen-bond donors (Lipinski definition) is 1. The number of aromatic nitrogens is 2. The number of benzene rings is 1. The molecule has 2 aliphatic heterocycles. The van der Waals surface area contributed by atoms with E-state index in [1.165, 1.54) is 0 Å². The smallest absolute Gasteiger partial charge is 0.272 e. The highest BCUT2D eigenvalue weighted by Gasteiger charge is 2.33. The maximum Gasteiger partial charge on any atom is 0.272 e. The van der Waals surface area contributed by atoms with Crippen LogP contribution in [0.4, 0.5) is 0 Å². The van der Waals surface area contributed by atoms with Crippen LogP contribution in [0, 0.1) is 0 Å². The minimum absolute atomic E-state index is 0.0340. The second kappa shape index (κ2) is 8.11. The fraction of sp³-hybridized carbons (Fsp3) is 0.391. The predicted octanol–water partition coefficient (Wildman–Crippen LogP) is 3.18. The molecule has 8 nitrogen and oxygen atoms in total. The second-order valence-corrected chi connectivity index (χ2v) is 8.19. The van der Waals surface area contributed by atoms with Gasteiger partial charge in [0.15, 0.2) is 11.5 Å². The number of nitrogens with one attached hydrogen (secondary N) is 1. The standard InChI is InChI=1S/C23H26N4O4/c1-15-13-27(16(2)12-26(15)14-18-4-3-7-29-18)23(28)20-11-19(24-25-20)17-5-6-21-22(10-17)31-9-8-30-21/h3-7,10-11,15-16H,8-9,12-14H2,1-2H3,(H,24,25)/t15-,16-/m1/s1. The van der Waals surface area contributed by atoms with Gasteiger partial charge in [0.25, 0.3) is 5.91 Å². The maximum atomic E-state index is 13.2. The molecule has 1 N–H and O–H groups in total. The first kappa shape index (κ1) is 19.7. The van der Waals surface area contributed by atoms with Crippen LogP contribution in [0.15, 0.2) is 47.1 Å². The lowest BCUT2D eigenvalue weighted by Crippen LogP contribution is -2.57. The zero-order chi connectivity index (χ0) is 21.4. The van der Waals surface area contributed by atoms with Gasteiger partial charge < -0.3 is 18.8 Å². The molecule has 4 heterocycles. The van der Waals surface area contributed by atoms with Crippen LogP contribution in [-0.2, 0) is 6.54 Å². The molecule has 2 aromatic heterocycles. The molecule has 0 radical (unpaired) electrons. The fourth-order valence-corrected chi connectivity index (χ4v) is 4.24. The average Bonchev–Trinajstić information content (AvgIpc) is 3.47. The van der Waals surface area contributed by atoms with E-state index in [1.54, 1.807) is 12.3 Å². The molecule has 1 saturated heterocycles. The average molecular weight is 422 g/mol. The minimum atomic E-state index is -0.0340. The molecule has 0 saturated carbocycles. The fourth-order valence-electron chi connectivity index (χ4n) is 4.24. The van der Waals surface area contributed by atoms with E-state index in [1.807, 2.05) is 35.2 Å². The third kappa shape index (κ3) is 3.90. The van der Waals surface area contributed by atoms with Crippen LogP contribution in [0.2, 0.25) is 0 Å². The second-order valence-electron chi connectivity index (χ2n) is 8.19. The highest BCUT2D eigenvalue weighted by molar-refractivity contribution is 5.93. The van der Waals surface area contributed by atoms with Crippen molar-refractivity contribution in [1.29, 1.82) is 0 Å². The first-order valence-corrected chi connectivity index (χ1v) is 10.6. The van der Waals surface area contributed by atoms with E-state index >= 15 is 0 Å². The normalized spacial score (nSPS) is 21.3. The van der Waals surface area contributed by atoms with Crippen molar-refractivity contribution in [2.24, 2.45) is 0 Å². The summed E-state index contributed by atoms with van der Waals surface area (Å²) in [5.74, 6) is 2.34. The molecule has 1 aromatic carbocycles. The van der Waals surface area contributed by atoms with Gasteiger partial charge in [-0.05, 0) is 50.2 Å². The first-order valence-electron chi connectivity index (χ1n) is 10.6. The van der Waals surface area contributed by atoms with Crippen LogP contribution in [0.25, 0.3) is 11.3 Å². The van der Waals surface area contributed by atoms with E-state index < -0.39 is 0 Å². The Morgan fingerprint density at radius 3 is 2.74 bits per heavy atom. The summed E-state index contributed by atoms with van der Waals surface area (Å²) in [6.45, 7) is 7.50. The van der Waals surface area contributed by atoms with Crippen molar-refractivity contribution in [2.45, 2.75) is 32.5 Å². The molecule has 5 rings (SSSR count). The minimum Gasteiger partial charge on any atom is -0.486 e. The number of carbonyl (C=O) groups is 1. The summed E-state index contributed by atoms with van der Waals surface area (Å²) in [5.41, 5.74) is 2.07. The summed E-state index contributed by atoms with van der Waals surface area (Å²) in [5, 5.41) is 7.29. The number of carbonyl (C=O) groups excluding carboxylic acids is 1. The Kier molecular flexibility index (Phi) is 5.15. The highest BCUT2D eigenvalue weighted by Crippen LogP contribution is 2.34. The Hall–Kier alpha value is -3.26. The summed E-state index contributed by atoms with van der Waals surface area (Å²) in [4.78, 5) is 17.5. The number of nitrogens with zero attached hydrogens (tertiary/aromatic N) is 3. The lowest BCUT2D eigenvalue weighted by atomic mass is 10.1. The van der Waals surface area contributed by atoms with Gasteiger partial charge in [-0.3, -0.25) is 14.8 Å². The van der Waals surface area contributed by atoms with Crippen LogP contribution in [0.5, 0.6) is 11.5 Å². The van der Waals surface area contributed by atoms with Gasteiger partial charge in [-0.25, -0.2) is 0 Å². The molecule has 0 spiro atoms. The van der Waals surface area contributed by atoms with Gasteiger partial charge in [0.05, 0.1) is 18.5 Å². The maximum absolute atomic E-state index is 13.2. The molecular formula is C23H26N4O4. The van der Waals surface area contributed by atoms with E-state index in [0.717, 1.165) is 30.2 Å². The van der Waals surface area contributed by atoms with Crippen molar-refractivity contribution in [3.05, 3.63) is 54.1 Å². The Morgan fingerprint density at radius 2 is 1.94 bits per heavy atom. The van der Waals surface area contributed by atoms with Crippen LogP contribution in [0.3, 0.4) is 0 Å². The monoisotopic (exact) mass is 422 g/mol. The van der Waals surface area contributed by atoms with Gasteiger partial charge in [-0.2, -0.15) is 5.10 Å². The Labute approximate surface area is 180 Å². The topological polar surface area (TPSA) is 83.8 Å². The third-order valence-electron chi connectivity index (χ3n) is 5.96. The lowest BCUT2D eigenvalue weighted by Gasteiger charge is -2.43. The molecule has 0 bridgehead atoms. The Balaban J connectivity index is 1.29. The summed E-state index contributed by atoms with van der Waals surface area (Å²) in [7, 11) is 0. The number of H-pyrrole nitrogens is 1. The molecule has 1 fully saturated rings. The molecule has 8 heteroatoms. The SMILES string of the molecule is C[C@@H]1CN(C(=O)c2cc(-c3ccc4c(c3)OCCO4)n[nH]2)[C@H](C)CN1Cc1ccco1.